The Morgan fingerprint density at radius 3 is 2.68 bits per heavy atom. The van der Waals surface area contributed by atoms with E-state index in [1.165, 1.54) is 64.6 Å². The van der Waals surface area contributed by atoms with Gasteiger partial charge in [0.2, 0.25) is 11.8 Å². The first kappa shape index (κ1) is 15.5. The average molecular weight is 304 g/mol. The largest absolute Gasteiger partial charge is 0.481 e. The highest BCUT2D eigenvalue weighted by atomic mass is 16.5. The molecular weight excluding hydrogens is 276 g/mol. The van der Waals surface area contributed by atoms with Gasteiger partial charge in [0, 0.05) is 37.9 Å². The zero-order chi connectivity index (χ0) is 15.2. The molecule has 0 spiro atoms. The number of hydrogen-bond donors (Lipinski definition) is 1. The van der Waals surface area contributed by atoms with Crippen molar-refractivity contribution in [2.75, 3.05) is 32.1 Å². The van der Waals surface area contributed by atoms with E-state index in [4.69, 9.17) is 4.74 Å². The normalized spacial score (nSPS) is 21.7. The first-order valence-corrected chi connectivity index (χ1v) is 8.69. The maximum Gasteiger partial charge on any atom is 0.226 e. The van der Waals surface area contributed by atoms with Gasteiger partial charge in [-0.05, 0) is 31.6 Å². The van der Waals surface area contributed by atoms with Gasteiger partial charge in [-0.3, -0.25) is 0 Å². The number of methoxy groups -OCH3 is 1. The number of likely N-dealkylation sites (tertiary alicyclic amines) is 1. The first-order chi connectivity index (χ1) is 10.8. The van der Waals surface area contributed by atoms with Gasteiger partial charge >= 0.3 is 0 Å². The topological polar surface area (TPSA) is 50.3 Å². The standard InChI is InChI=1S/C17H28N4O/c1-22-16-7-10-18-17(20-16)19-15-8-11-21(12-9-15)13-14-5-3-2-4-6-14/h7,10,14-15H,2-6,8-9,11-13H2,1H3,(H,18,19,20). The van der Waals surface area contributed by atoms with Crippen molar-refractivity contribution in [1.29, 1.82) is 0 Å². The molecule has 122 valence electrons. The molecule has 1 aliphatic carbocycles. The summed E-state index contributed by atoms with van der Waals surface area (Å²) in [6, 6.07) is 2.26. The van der Waals surface area contributed by atoms with Crippen molar-refractivity contribution in [3.05, 3.63) is 12.3 Å². The maximum atomic E-state index is 5.15. The number of nitrogens with zero attached hydrogens (tertiary/aromatic N) is 3. The van der Waals surface area contributed by atoms with Gasteiger partial charge in [0.1, 0.15) is 0 Å². The summed E-state index contributed by atoms with van der Waals surface area (Å²) in [5, 5.41) is 3.45. The number of hydrogen-bond acceptors (Lipinski definition) is 5. The molecule has 0 amide bonds. The van der Waals surface area contributed by atoms with Gasteiger partial charge in [0.05, 0.1) is 7.11 Å². The molecule has 1 aliphatic heterocycles. The fourth-order valence-electron chi connectivity index (χ4n) is 3.70. The van der Waals surface area contributed by atoms with Crippen LogP contribution in [0.3, 0.4) is 0 Å². The molecule has 0 aromatic carbocycles. The maximum absolute atomic E-state index is 5.15. The lowest BCUT2D eigenvalue weighted by Gasteiger charge is -2.35. The van der Waals surface area contributed by atoms with Gasteiger partial charge in [-0.2, -0.15) is 4.98 Å². The number of ether oxygens (including phenoxy) is 1. The summed E-state index contributed by atoms with van der Waals surface area (Å²) < 4.78 is 5.15. The first-order valence-electron chi connectivity index (χ1n) is 8.69. The van der Waals surface area contributed by atoms with Gasteiger partial charge in [-0.1, -0.05) is 19.3 Å². The molecule has 1 saturated carbocycles. The van der Waals surface area contributed by atoms with Crippen molar-refractivity contribution in [2.45, 2.75) is 51.0 Å². The number of piperidine rings is 1. The highest BCUT2D eigenvalue weighted by Crippen LogP contribution is 2.25. The van der Waals surface area contributed by atoms with E-state index in [-0.39, 0.29) is 0 Å². The molecule has 1 N–H and O–H groups in total. The Morgan fingerprint density at radius 2 is 1.95 bits per heavy atom. The number of nitrogens with one attached hydrogen (secondary N) is 1. The van der Waals surface area contributed by atoms with Crippen LogP contribution in [0.1, 0.15) is 44.9 Å². The van der Waals surface area contributed by atoms with Crippen LogP contribution in [0.15, 0.2) is 12.3 Å². The zero-order valence-corrected chi connectivity index (χ0v) is 13.6. The third-order valence-electron chi connectivity index (χ3n) is 5.00. The quantitative estimate of drug-likeness (QED) is 0.906. The lowest BCUT2D eigenvalue weighted by Crippen LogP contribution is -2.41. The smallest absolute Gasteiger partial charge is 0.226 e. The lowest BCUT2D eigenvalue weighted by molar-refractivity contribution is 0.168. The molecule has 1 saturated heterocycles. The molecule has 5 nitrogen and oxygen atoms in total. The summed E-state index contributed by atoms with van der Waals surface area (Å²) >= 11 is 0. The van der Waals surface area contributed by atoms with Crippen molar-refractivity contribution in [1.82, 2.24) is 14.9 Å². The van der Waals surface area contributed by atoms with Crippen molar-refractivity contribution >= 4 is 5.95 Å². The van der Waals surface area contributed by atoms with E-state index in [1.54, 1.807) is 19.4 Å². The van der Waals surface area contributed by atoms with E-state index in [1.807, 2.05) is 0 Å². The molecule has 5 heteroatoms. The Morgan fingerprint density at radius 1 is 1.18 bits per heavy atom. The van der Waals surface area contributed by atoms with Gasteiger partial charge in [-0.25, -0.2) is 4.98 Å². The highest BCUT2D eigenvalue weighted by molar-refractivity contribution is 5.28. The highest BCUT2D eigenvalue weighted by Gasteiger charge is 2.23. The predicted octanol–water partition coefficient (Wildman–Crippen LogP) is 2.94. The Hall–Kier alpha value is -1.36. The summed E-state index contributed by atoms with van der Waals surface area (Å²) in [6.07, 6.45) is 11.3. The third kappa shape index (κ3) is 4.32. The molecule has 0 unspecified atom stereocenters. The van der Waals surface area contributed by atoms with E-state index in [0.717, 1.165) is 5.92 Å². The molecular formula is C17H28N4O. The van der Waals surface area contributed by atoms with Crippen molar-refractivity contribution in [2.24, 2.45) is 5.92 Å². The molecule has 2 heterocycles. The molecule has 0 radical (unpaired) electrons. The molecule has 1 aromatic rings. The van der Waals surface area contributed by atoms with E-state index in [0.29, 0.717) is 17.9 Å². The Balaban J connectivity index is 1.43. The molecule has 0 bridgehead atoms. The van der Waals surface area contributed by atoms with Crippen LogP contribution in [0, 0.1) is 5.92 Å². The fraction of sp³-hybridized carbons (Fsp3) is 0.765. The Bertz CT molecular complexity index is 454. The van der Waals surface area contributed by atoms with Crippen LogP contribution in [0.4, 0.5) is 5.95 Å². The Kier molecular flexibility index (Phi) is 5.48. The van der Waals surface area contributed by atoms with E-state index in [9.17, 15) is 0 Å². The molecule has 3 rings (SSSR count). The van der Waals surface area contributed by atoms with Crippen LogP contribution >= 0.6 is 0 Å². The number of aromatic nitrogens is 2. The van der Waals surface area contributed by atoms with Crippen LogP contribution in [-0.4, -0.2) is 47.7 Å². The van der Waals surface area contributed by atoms with Crippen molar-refractivity contribution in [3.63, 3.8) is 0 Å². The SMILES string of the molecule is COc1ccnc(NC2CCN(CC3CCCCC3)CC2)n1. The monoisotopic (exact) mass is 304 g/mol. The van der Waals surface area contributed by atoms with E-state index < -0.39 is 0 Å². The van der Waals surface area contributed by atoms with E-state index >= 15 is 0 Å². The third-order valence-corrected chi connectivity index (χ3v) is 5.00. The van der Waals surface area contributed by atoms with E-state index in [2.05, 4.69) is 20.2 Å². The van der Waals surface area contributed by atoms with Gasteiger partial charge < -0.3 is 15.0 Å². The molecule has 0 atom stereocenters. The molecule has 22 heavy (non-hydrogen) atoms. The number of anilines is 1. The summed E-state index contributed by atoms with van der Waals surface area (Å²) in [4.78, 5) is 11.3. The minimum absolute atomic E-state index is 0.481. The van der Waals surface area contributed by atoms with Crippen LogP contribution < -0.4 is 10.1 Å². The van der Waals surface area contributed by atoms with Gasteiger partial charge in [0.15, 0.2) is 0 Å². The van der Waals surface area contributed by atoms with Crippen molar-refractivity contribution < 1.29 is 4.74 Å². The van der Waals surface area contributed by atoms with Crippen LogP contribution in [-0.2, 0) is 0 Å². The summed E-state index contributed by atoms with van der Waals surface area (Å²) in [5.74, 6) is 2.25. The summed E-state index contributed by atoms with van der Waals surface area (Å²) in [7, 11) is 1.63. The summed E-state index contributed by atoms with van der Waals surface area (Å²) in [6.45, 7) is 3.69. The zero-order valence-electron chi connectivity index (χ0n) is 13.6. The molecule has 2 fully saturated rings. The Labute approximate surface area is 133 Å². The second-order valence-electron chi connectivity index (χ2n) is 6.65. The van der Waals surface area contributed by atoms with Crippen LogP contribution in [0.2, 0.25) is 0 Å². The lowest BCUT2D eigenvalue weighted by atomic mass is 9.88. The minimum Gasteiger partial charge on any atom is -0.481 e. The van der Waals surface area contributed by atoms with Gasteiger partial charge in [0.25, 0.3) is 0 Å². The predicted molar refractivity (Wildman–Crippen MR) is 88.2 cm³/mol. The summed E-state index contributed by atoms with van der Waals surface area (Å²) in [5.41, 5.74) is 0. The van der Waals surface area contributed by atoms with Crippen molar-refractivity contribution in [3.8, 4) is 5.88 Å². The van der Waals surface area contributed by atoms with Crippen LogP contribution in [0.5, 0.6) is 5.88 Å². The molecule has 1 aromatic heterocycles. The van der Waals surface area contributed by atoms with Crippen LogP contribution in [0.25, 0.3) is 0 Å². The van der Waals surface area contributed by atoms with Gasteiger partial charge in [-0.15, -0.1) is 0 Å². The second-order valence-corrected chi connectivity index (χ2v) is 6.65. The molecule has 2 aliphatic rings. The number of rotatable bonds is 5. The average Bonchev–Trinajstić information content (AvgIpc) is 2.58. The fourth-order valence-corrected chi connectivity index (χ4v) is 3.70. The second kappa shape index (κ2) is 7.77. The minimum atomic E-state index is 0.481.